The summed E-state index contributed by atoms with van der Waals surface area (Å²) in [6, 6.07) is 17.7. The molecule has 2 aromatic heterocycles. The predicted octanol–water partition coefficient (Wildman–Crippen LogP) is 6.04. The fourth-order valence-electron chi connectivity index (χ4n) is 5.70. The number of amides is 2. The Hall–Kier alpha value is -5.07. The zero-order valence-electron chi connectivity index (χ0n) is 27.4. The number of likely N-dealkylation sites (tertiary alicyclic amines) is 1. The van der Waals surface area contributed by atoms with E-state index in [0.717, 1.165) is 22.4 Å². The molecule has 2 amide bonds. The highest BCUT2D eigenvalue weighted by Crippen LogP contribution is 2.44. The Morgan fingerprint density at radius 3 is 2.50 bits per heavy atom. The van der Waals surface area contributed by atoms with Crippen LogP contribution in [0.1, 0.15) is 53.9 Å². The van der Waals surface area contributed by atoms with Gasteiger partial charge in [0.15, 0.2) is 0 Å². The number of nitrogens with one attached hydrogen (secondary N) is 3. The summed E-state index contributed by atoms with van der Waals surface area (Å²) >= 11 is 6.93. The highest BCUT2D eigenvalue weighted by Gasteiger charge is 2.43. The molecule has 0 spiro atoms. The second-order valence-electron chi connectivity index (χ2n) is 12.5. The first kappa shape index (κ1) is 32.9. The predicted molar refractivity (Wildman–Crippen MR) is 184 cm³/mol. The molecule has 0 radical (unpaired) electrons. The van der Waals surface area contributed by atoms with Gasteiger partial charge in [-0.2, -0.15) is 0 Å². The molecule has 4 heterocycles. The Balaban J connectivity index is 1.29. The average molecular weight is 672 g/mol. The molecule has 2 aromatic carbocycles. The number of hydrazine groups is 1. The molecule has 0 bridgehead atoms. The van der Waals surface area contributed by atoms with Gasteiger partial charge >= 0.3 is 6.09 Å². The van der Waals surface area contributed by atoms with Gasteiger partial charge in [-0.1, -0.05) is 23.7 Å². The molecule has 1 fully saturated rings. The molecule has 1 atom stereocenters. The summed E-state index contributed by atoms with van der Waals surface area (Å²) in [5.74, 6) is 2.16. The van der Waals surface area contributed by atoms with Crippen LogP contribution in [0.2, 0.25) is 5.02 Å². The normalized spacial score (nSPS) is 15.8. The van der Waals surface area contributed by atoms with Gasteiger partial charge < -0.3 is 34.8 Å². The summed E-state index contributed by atoms with van der Waals surface area (Å²) in [4.78, 5) is 36.3. The summed E-state index contributed by atoms with van der Waals surface area (Å²) in [5.41, 5.74) is 6.91. The summed E-state index contributed by atoms with van der Waals surface area (Å²) in [6.45, 7) is 6.94. The fourth-order valence-corrected chi connectivity index (χ4v) is 5.99. The molecule has 1 unspecified atom stereocenters. The quantitative estimate of drug-likeness (QED) is 0.194. The van der Waals surface area contributed by atoms with Crippen LogP contribution >= 0.6 is 11.6 Å². The lowest BCUT2D eigenvalue weighted by molar-refractivity contribution is 0.00737. The van der Waals surface area contributed by atoms with Crippen LogP contribution in [0, 0.1) is 0 Å². The van der Waals surface area contributed by atoms with Crippen molar-refractivity contribution < 1.29 is 23.8 Å². The number of fused-ring (bicyclic) bond motifs is 1. The zero-order chi connectivity index (χ0) is 34.0. The number of anilines is 3. The lowest BCUT2D eigenvalue weighted by Gasteiger charge is -2.44. The summed E-state index contributed by atoms with van der Waals surface area (Å²) in [5, 5.41) is 8.78. The van der Waals surface area contributed by atoms with E-state index in [0.29, 0.717) is 53.4 Å². The Kier molecular flexibility index (Phi) is 9.29. The number of methoxy groups -OCH3 is 2. The van der Waals surface area contributed by atoms with E-state index in [-0.39, 0.29) is 18.0 Å². The summed E-state index contributed by atoms with van der Waals surface area (Å²) in [6.07, 6.45) is 3.02. The maximum absolute atomic E-state index is 13.0. The van der Waals surface area contributed by atoms with Gasteiger partial charge in [-0.3, -0.25) is 4.79 Å². The maximum Gasteiger partial charge on any atom is 0.410 e. The van der Waals surface area contributed by atoms with E-state index in [4.69, 9.17) is 30.8 Å². The fraction of sp³-hybridized carbons (Fsp3) is 0.314. The number of carbonyl (C=O) groups is 2. The number of nitrogens with zero attached hydrogens (tertiary/aromatic N) is 4. The van der Waals surface area contributed by atoms with Crippen LogP contribution in [-0.2, 0) is 11.3 Å². The first-order chi connectivity index (χ1) is 23.0. The van der Waals surface area contributed by atoms with Crippen molar-refractivity contribution in [2.75, 3.05) is 43.0 Å². The molecule has 2 aliphatic rings. The summed E-state index contributed by atoms with van der Waals surface area (Å²) in [7, 11) is 3.23. The van der Waals surface area contributed by atoms with Crippen LogP contribution in [0.4, 0.5) is 22.1 Å². The van der Waals surface area contributed by atoms with Gasteiger partial charge in [-0.05, 0) is 68.8 Å². The molecule has 250 valence electrons. The Morgan fingerprint density at radius 2 is 1.81 bits per heavy atom. The van der Waals surface area contributed by atoms with Gasteiger partial charge in [-0.25, -0.2) is 20.2 Å². The number of ether oxygens (including phenoxy) is 3. The molecular formula is C35H38ClN7O5. The molecule has 3 N–H and O–H groups in total. The second kappa shape index (κ2) is 13.6. The van der Waals surface area contributed by atoms with Gasteiger partial charge in [-0.15, -0.1) is 0 Å². The van der Waals surface area contributed by atoms with Gasteiger partial charge in [0.2, 0.25) is 0 Å². The van der Waals surface area contributed by atoms with E-state index < -0.39 is 11.6 Å². The van der Waals surface area contributed by atoms with Crippen molar-refractivity contribution >= 4 is 40.9 Å². The second-order valence-corrected chi connectivity index (χ2v) is 12.9. The van der Waals surface area contributed by atoms with E-state index in [9.17, 15) is 9.59 Å². The molecular weight excluding hydrogens is 634 g/mol. The summed E-state index contributed by atoms with van der Waals surface area (Å²) < 4.78 is 16.6. The maximum atomic E-state index is 13.0. The molecule has 12 nitrogen and oxygen atoms in total. The van der Waals surface area contributed by atoms with Crippen LogP contribution in [-0.4, -0.2) is 65.8 Å². The number of hydrogen-bond donors (Lipinski definition) is 3. The van der Waals surface area contributed by atoms with Crippen LogP contribution in [0.15, 0.2) is 73.1 Å². The van der Waals surface area contributed by atoms with Crippen molar-refractivity contribution in [3.8, 4) is 11.5 Å². The van der Waals surface area contributed by atoms with Crippen molar-refractivity contribution in [3.05, 3.63) is 100 Å². The number of aromatic nitrogens is 2. The lowest BCUT2D eigenvalue weighted by Crippen LogP contribution is -2.64. The third-order valence-electron chi connectivity index (χ3n) is 8.08. The Labute approximate surface area is 284 Å². The number of rotatable bonds is 9. The monoisotopic (exact) mass is 671 g/mol. The highest BCUT2D eigenvalue weighted by atomic mass is 35.5. The van der Waals surface area contributed by atoms with E-state index in [1.165, 1.54) is 0 Å². The van der Waals surface area contributed by atoms with E-state index in [2.05, 4.69) is 26.1 Å². The molecule has 6 rings (SSSR count). The van der Waals surface area contributed by atoms with Crippen LogP contribution in [0.5, 0.6) is 11.5 Å². The minimum Gasteiger partial charge on any atom is -0.497 e. The van der Waals surface area contributed by atoms with Gasteiger partial charge in [0.1, 0.15) is 28.7 Å². The van der Waals surface area contributed by atoms with Gasteiger partial charge in [0.25, 0.3) is 5.91 Å². The standard InChI is InChI=1S/C35H38ClN7O5/c1-35(2,3)48-34(45)42-19-23(20-42)43-27-13-15-38-32(39-18-22-9-11-24(46-4)17-28(22)47-5)30(27)31(41-43)25-12-10-21(16-26(25)36)33(44)40-29-8-6-7-14-37-29/h6-17,23,31,41H,18-20H2,1-5H3,(H,38,39)(H,37,40,44). The molecule has 2 aliphatic heterocycles. The van der Waals surface area contributed by atoms with Crippen LogP contribution in [0.3, 0.4) is 0 Å². The van der Waals surface area contributed by atoms with Crippen LogP contribution < -0.4 is 30.5 Å². The minimum atomic E-state index is -0.581. The van der Waals surface area contributed by atoms with E-state index in [1.807, 2.05) is 51.1 Å². The molecule has 13 heteroatoms. The van der Waals surface area contributed by atoms with Crippen molar-refractivity contribution in [2.24, 2.45) is 0 Å². The Bertz CT molecular complexity index is 1810. The van der Waals surface area contributed by atoms with Crippen molar-refractivity contribution in [1.29, 1.82) is 0 Å². The topological polar surface area (TPSA) is 130 Å². The number of hydrogen-bond acceptors (Lipinski definition) is 10. The number of benzene rings is 2. The average Bonchev–Trinajstić information content (AvgIpc) is 3.42. The van der Waals surface area contributed by atoms with E-state index >= 15 is 0 Å². The SMILES string of the molecule is COc1ccc(CNc2nccc3c2C(c2ccc(C(=O)Nc4ccccn4)cc2Cl)NN3C2CN(C(=O)OC(C)(C)C)C2)c(OC)c1. The van der Waals surface area contributed by atoms with E-state index in [1.54, 1.807) is 61.8 Å². The van der Waals surface area contributed by atoms with Crippen molar-refractivity contribution in [3.63, 3.8) is 0 Å². The third-order valence-corrected chi connectivity index (χ3v) is 8.41. The molecule has 4 aromatic rings. The lowest BCUT2D eigenvalue weighted by atomic mass is 9.98. The largest absolute Gasteiger partial charge is 0.497 e. The molecule has 0 aliphatic carbocycles. The van der Waals surface area contributed by atoms with Gasteiger partial charge in [0, 0.05) is 59.8 Å². The molecule has 1 saturated heterocycles. The first-order valence-corrected chi connectivity index (χ1v) is 15.9. The number of carbonyl (C=O) groups excluding carboxylic acids is 2. The Morgan fingerprint density at radius 1 is 1.00 bits per heavy atom. The minimum absolute atomic E-state index is 0.0274. The molecule has 48 heavy (non-hydrogen) atoms. The smallest absolute Gasteiger partial charge is 0.410 e. The van der Waals surface area contributed by atoms with Gasteiger partial charge in [0.05, 0.1) is 32.0 Å². The van der Waals surface area contributed by atoms with Crippen molar-refractivity contribution in [1.82, 2.24) is 20.3 Å². The highest BCUT2D eigenvalue weighted by molar-refractivity contribution is 6.32. The van der Waals surface area contributed by atoms with Crippen molar-refractivity contribution in [2.45, 2.75) is 45.0 Å². The number of halogens is 1. The number of pyridine rings is 2. The first-order valence-electron chi connectivity index (χ1n) is 15.5. The molecule has 0 saturated carbocycles. The van der Waals surface area contributed by atoms with Crippen LogP contribution in [0.25, 0.3) is 0 Å². The zero-order valence-corrected chi connectivity index (χ0v) is 28.2. The third kappa shape index (κ3) is 6.95.